The van der Waals surface area contributed by atoms with Crippen molar-refractivity contribution in [3.63, 3.8) is 0 Å². The number of hydrogen-bond donors (Lipinski definition) is 1. The van der Waals surface area contributed by atoms with Crippen LogP contribution in [0, 0.1) is 5.92 Å². The van der Waals surface area contributed by atoms with E-state index < -0.39 is 11.7 Å². The molecule has 30 heavy (non-hydrogen) atoms. The van der Waals surface area contributed by atoms with Crippen molar-refractivity contribution in [2.45, 2.75) is 56.3 Å². The Morgan fingerprint density at radius 3 is 2.40 bits per heavy atom. The Morgan fingerprint density at radius 2 is 1.77 bits per heavy atom. The van der Waals surface area contributed by atoms with Gasteiger partial charge < -0.3 is 14.8 Å². The van der Waals surface area contributed by atoms with E-state index in [1.54, 1.807) is 11.8 Å². The molecule has 0 radical (unpaired) electrons. The van der Waals surface area contributed by atoms with Gasteiger partial charge in [0.2, 0.25) is 0 Å². The Morgan fingerprint density at radius 1 is 1.13 bits per heavy atom. The number of rotatable bonds is 7. The van der Waals surface area contributed by atoms with Crippen LogP contribution in [0.3, 0.4) is 0 Å². The minimum atomic E-state index is -0.595. The van der Waals surface area contributed by atoms with Crippen LogP contribution in [0.15, 0.2) is 65.6 Å². The molecule has 0 bridgehead atoms. The molecular formula is C24H29NO4S. The lowest BCUT2D eigenvalue weighted by Crippen LogP contribution is -2.46. The molecule has 1 N–H and O–H groups in total. The fraction of sp³-hybridized carbons (Fsp3) is 0.417. The van der Waals surface area contributed by atoms with Gasteiger partial charge in [0.1, 0.15) is 11.7 Å². The van der Waals surface area contributed by atoms with E-state index in [9.17, 15) is 9.59 Å². The van der Waals surface area contributed by atoms with Crippen molar-refractivity contribution in [1.29, 1.82) is 0 Å². The zero-order chi connectivity index (χ0) is 21.6. The number of benzene rings is 2. The molecule has 5 nitrogen and oxygen atoms in total. The summed E-state index contributed by atoms with van der Waals surface area (Å²) in [5.74, 6) is 0.260. The zero-order valence-electron chi connectivity index (χ0n) is 17.7. The maximum atomic E-state index is 12.5. The summed E-state index contributed by atoms with van der Waals surface area (Å²) in [5.41, 5.74) is 0.472. The summed E-state index contributed by atoms with van der Waals surface area (Å²) in [5, 5.41) is 2.93. The summed E-state index contributed by atoms with van der Waals surface area (Å²) < 4.78 is 11.1. The lowest BCUT2D eigenvalue weighted by Gasteiger charge is -2.26. The molecule has 2 aromatic rings. The van der Waals surface area contributed by atoms with Gasteiger partial charge in [-0.05, 0) is 44.9 Å². The molecular weight excluding hydrogens is 398 g/mol. The number of ether oxygens (including phenoxy) is 2. The second-order valence-corrected chi connectivity index (χ2v) is 9.57. The topological polar surface area (TPSA) is 64.6 Å². The number of amides is 1. The third kappa shape index (κ3) is 6.80. The van der Waals surface area contributed by atoms with Crippen LogP contribution in [0.25, 0.3) is 0 Å². The van der Waals surface area contributed by atoms with E-state index in [0.717, 1.165) is 10.5 Å². The van der Waals surface area contributed by atoms with Crippen molar-refractivity contribution in [2.75, 3.05) is 5.75 Å². The van der Waals surface area contributed by atoms with Crippen molar-refractivity contribution in [3.8, 4) is 0 Å². The number of esters is 1. The van der Waals surface area contributed by atoms with Crippen molar-refractivity contribution in [2.24, 2.45) is 5.92 Å². The maximum Gasteiger partial charge on any atom is 0.408 e. The second kappa shape index (κ2) is 10.0. The molecule has 1 heterocycles. The number of carbonyl (C=O) groups is 2. The summed E-state index contributed by atoms with van der Waals surface area (Å²) >= 11 is 1.65. The first-order valence-corrected chi connectivity index (χ1v) is 11.2. The molecule has 0 spiro atoms. The Balaban J connectivity index is 1.66. The number of cyclic esters (lactones) is 1. The average molecular weight is 428 g/mol. The smallest absolute Gasteiger partial charge is 0.408 e. The Bertz CT molecular complexity index is 835. The van der Waals surface area contributed by atoms with Gasteiger partial charge in [-0.15, -0.1) is 11.8 Å². The summed E-state index contributed by atoms with van der Waals surface area (Å²) in [7, 11) is 0. The summed E-state index contributed by atoms with van der Waals surface area (Å²) in [6.07, 6.45) is 0.260. The Kier molecular flexibility index (Phi) is 7.43. The van der Waals surface area contributed by atoms with Gasteiger partial charge in [0.15, 0.2) is 0 Å². The monoisotopic (exact) mass is 427 g/mol. The first-order chi connectivity index (χ1) is 14.3. The molecule has 3 atom stereocenters. The molecule has 3 rings (SSSR count). The van der Waals surface area contributed by atoms with E-state index in [2.05, 4.69) is 5.32 Å². The number of hydrogen-bond acceptors (Lipinski definition) is 5. The zero-order valence-corrected chi connectivity index (χ0v) is 18.5. The van der Waals surface area contributed by atoms with Gasteiger partial charge in [-0.25, -0.2) is 4.79 Å². The van der Waals surface area contributed by atoms with Gasteiger partial charge in [-0.2, -0.15) is 0 Å². The van der Waals surface area contributed by atoms with Gasteiger partial charge in [-0.3, -0.25) is 4.79 Å². The van der Waals surface area contributed by atoms with Crippen molar-refractivity contribution >= 4 is 23.8 Å². The standard InChI is InChI=1S/C24H29NO4S/c1-24(2,3)29-23(27)25-20(14-17-10-6-4-7-11-17)21-15-18(22(26)28-21)16-30-19-12-8-5-9-13-19/h4-13,18,20-21H,14-16H2,1-3H3,(H,25,27). The fourth-order valence-corrected chi connectivity index (χ4v) is 4.38. The van der Waals surface area contributed by atoms with Gasteiger partial charge >= 0.3 is 12.1 Å². The highest BCUT2D eigenvalue weighted by molar-refractivity contribution is 7.99. The van der Waals surface area contributed by atoms with Gasteiger partial charge in [0.25, 0.3) is 0 Å². The molecule has 0 aliphatic carbocycles. The molecule has 1 aliphatic heterocycles. The number of thioether (sulfide) groups is 1. The SMILES string of the molecule is CC(C)(C)OC(=O)NC(Cc1ccccc1)C1CC(CSc2ccccc2)C(=O)O1. The predicted molar refractivity (Wildman–Crippen MR) is 118 cm³/mol. The average Bonchev–Trinajstić information content (AvgIpc) is 3.07. The van der Waals surface area contributed by atoms with Crippen LogP contribution in [0.4, 0.5) is 4.79 Å². The second-order valence-electron chi connectivity index (χ2n) is 8.47. The molecule has 1 saturated heterocycles. The Labute approximate surface area is 182 Å². The predicted octanol–water partition coefficient (Wildman–Crippen LogP) is 4.85. The normalized spacial score (nSPS) is 19.8. The molecule has 1 aliphatic rings. The van der Waals surface area contributed by atoms with E-state index in [-0.39, 0.29) is 24.0 Å². The maximum absolute atomic E-state index is 12.5. The number of nitrogens with one attached hydrogen (secondary N) is 1. The minimum Gasteiger partial charge on any atom is -0.460 e. The molecule has 0 saturated carbocycles. The highest BCUT2D eigenvalue weighted by Gasteiger charge is 2.40. The van der Waals surface area contributed by atoms with Crippen LogP contribution in [-0.2, 0) is 20.7 Å². The summed E-state index contributed by atoms with van der Waals surface area (Å²) in [6, 6.07) is 19.5. The molecule has 160 valence electrons. The van der Waals surface area contributed by atoms with Crippen LogP contribution in [0.5, 0.6) is 0 Å². The lowest BCUT2D eigenvalue weighted by atomic mass is 9.96. The van der Waals surface area contributed by atoms with Crippen LogP contribution in [0.1, 0.15) is 32.8 Å². The van der Waals surface area contributed by atoms with Crippen LogP contribution >= 0.6 is 11.8 Å². The first-order valence-electron chi connectivity index (χ1n) is 10.2. The first kappa shape index (κ1) is 22.2. The van der Waals surface area contributed by atoms with Gasteiger partial charge in [-0.1, -0.05) is 48.5 Å². The van der Waals surface area contributed by atoms with Crippen molar-refractivity contribution in [1.82, 2.24) is 5.32 Å². The van der Waals surface area contributed by atoms with Gasteiger partial charge in [0.05, 0.1) is 12.0 Å². The quantitative estimate of drug-likeness (QED) is 0.506. The highest BCUT2D eigenvalue weighted by Crippen LogP contribution is 2.30. The summed E-state index contributed by atoms with van der Waals surface area (Å²) in [4.78, 5) is 26.0. The highest BCUT2D eigenvalue weighted by atomic mass is 32.2. The summed E-state index contributed by atoms with van der Waals surface area (Å²) in [6.45, 7) is 5.47. The van der Waals surface area contributed by atoms with E-state index in [4.69, 9.17) is 9.47 Å². The number of carbonyl (C=O) groups excluding carboxylic acids is 2. The van der Waals surface area contributed by atoms with Crippen molar-refractivity contribution < 1.29 is 19.1 Å². The van der Waals surface area contributed by atoms with Crippen LogP contribution in [0.2, 0.25) is 0 Å². The van der Waals surface area contributed by atoms with Gasteiger partial charge in [0, 0.05) is 17.1 Å². The minimum absolute atomic E-state index is 0.195. The van der Waals surface area contributed by atoms with Crippen LogP contribution in [-0.4, -0.2) is 35.6 Å². The van der Waals surface area contributed by atoms with E-state index in [1.807, 2.05) is 81.4 Å². The molecule has 1 amide bonds. The van der Waals surface area contributed by atoms with Crippen molar-refractivity contribution in [3.05, 3.63) is 66.2 Å². The molecule has 0 aromatic heterocycles. The Hall–Kier alpha value is -2.47. The number of alkyl carbamates (subject to hydrolysis) is 1. The largest absolute Gasteiger partial charge is 0.460 e. The fourth-order valence-electron chi connectivity index (χ4n) is 3.37. The third-order valence-electron chi connectivity index (χ3n) is 4.76. The molecule has 1 fully saturated rings. The third-order valence-corrected chi connectivity index (χ3v) is 5.94. The molecule has 2 aromatic carbocycles. The lowest BCUT2D eigenvalue weighted by molar-refractivity contribution is -0.144. The molecule has 6 heteroatoms. The van der Waals surface area contributed by atoms with Crippen LogP contribution < -0.4 is 5.32 Å². The molecule has 3 unspecified atom stereocenters. The van der Waals surface area contributed by atoms with E-state index in [0.29, 0.717) is 18.6 Å². The van der Waals surface area contributed by atoms with E-state index >= 15 is 0 Å². The van der Waals surface area contributed by atoms with E-state index in [1.165, 1.54) is 0 Å².